The van der Waals surface area contributed by atoms with Gasteiger partial charge in [0, 0.05) is 12.8 Å². The van der Waals surface area contributed by atoms with E-state index in [1.165, 1.54) is 0 Å². The molecular weight excluding hydrogens is 168 g/mol. The van der Waals surface area contributed by atoms with Crippen molar-refractivity contribution in [2.75, 3.05) is 0 Å². The van der Waals surface area contributed by atoms with Crippen LogP contribution in [0, 0.1) is 0 Å². The molecule has 4 heteroatoms. The number of rotatable bonds is 3. The Balaban J connectivity index is 2.44. The van der Waals surface area contributed by atoms with Gasteiger partial charge in [0.25, 0.3) is 0 Å². The van der Waals surface area contributed by atoms with Gasteiger partial charge in [0.15, 0.2) is 0 Å². The third-order valence-corrected chi connectivity index (χ3v) is 1.95. The fraction of sp³-hybridized carbons (Fsp3) is 0.444. The van der Waals surface area contributed by atoms with Crippen LogP contribution in [0.15, 0.2) is 23.8 Å². The molecule has 0 radical (unpaired) electrons. The van der Waals surface area contributed by atoms with E-state index in [4.69, 9.17) is 16.6 Å². The van der Waals surface area contributed by atoms with Gasteiger partial charge in [-0.3, -0.25) is 4.79 Å². The molecule has 1 rings (SSSR count). The van der Waals surface area contributed by atoms with Crippen LogP contribution in [0.4, 0.5) is 0 Å². The van der Waals surface area contributed by atoms with Gasteiger partial charge in [-0.1, -0.05) is 17.7 Å². The number of allylic oxidation sites excluding steroid dienone is 2. The van der Waals surface area contributed by atoms with Gasteiger partial charge < -0.3 is 16.6 Å². The lowest BCUT2D eigenvalue weighted by Crippen LogP contribution is -2.47. The van der Waals surface area contributed by atoms with Gasteiger partial charge in [-0.15, -0.1) is 0 Å². The molecule has 1 aliphatic rings. The van der Waals surface area contributed by atoms with Crippen molar-refractivity contribution >= 4 is 5.97 Å². The summed E-state index contributed by atoms with van der Waals surface area (Å²) in [5.41, 5.74) is 11.5. The lowest BCUT2D eigenvalue weighted by atomic mass is 9.96. The van der Waals surface area contributed by atoms with Crippen molar-refractivity contribution in [1.82, 2.24) is 0 Å². The Hall–Kier alpha value is -1.13. The summed E-state index contributed by atoms with van der Waals surface area (Å²) < 4.78 is 0. The lowest BCUT2D eigenvalue weighted by molar-refractivity contribution is -0.136. The van der Waals surface area contributed by atoms with Crippen LogP contribution in [0.2, 0.25) is 0 Å². The average molecular weight is 182 g/mol. The molecule has 0 aromatic heterocycles. The summed E-state index contributed by atoms with van der Waals surface area (Å²) in [7, 11) is 0. The van der Waals surface area contributed by atoms with Crippen LogP contribution in [0.1, 0.15) is 19.3 Å². The fourth-order valence-electron chi connectivity index (χ4n) is 1.14. The molecule has 4 nitrogen and oxygen atoms in total. The van der Waals surface area contributed by atoms with E-state index in [-0.39, 0.29) is 6.42 Å². The maximum Gasteiger partial charge on any atom is 0.303 e. The quantitative estimate of drug-likeness (QED) is 0.549. The Labute approximate surface area is 76.9 Å². The van der Waals surface area contributed by atoms with Crippen molar-refractivity contribution in [2.45, 2.75) is 24.9 Å². The summed E-state index contributed by atoms with van der Waals surface area (Å²) in [6, 6.07) is 0. The Bertz CT molecular complexity index is 267. The smallest absolute Gasteiger partial charge is 0.303 e. The lowest BCUT2D eigenvalue weighted by Gasteiger charge is -2.22. The molecule has 0 saturated carbocycles. The average Bonchev–Trinajstić information content (AvgIpc) is 2.02. The van der Waals surface area contributed by atoms with Crippen molar-refractivity contribution in [2.24, 2.45) is 11.5 Å². The number of nitrogens with two attached hydrogens (primary N) is 2. The fourth-order valence-corrected chi connectivity index (χ4v) is 1.14. The standard InChI is InChI=1S/C9H14N2O2/c10-9(11)5-3-7(4-6-9)1-2-8(12)13/h3-5H,1-2,6,10-11H2,(H,12,13). The molecule has 13 heavy (non-hydrogen) atoms. The number of hydrogen-bond acceptors (Lipinski definition) is 3. The van der Waals surface area contributed by atoms with Gasteiger partial charge in [0.2, 0.25) is 0 Å². The van der Waals surface area contributed by atoms with Crippen molar-refractivity contribution in [3.05, 3.63) is 23.8 Å². The molecular formula is C9H14N2O2. The zero-order chi connectivity index (χ0) is 9.90. The van der Waals surface area contributed by atoms with Crippen LogP contribution in [-0.2, 0) is 4.79 Å². The van der Waals surface area contributed by atoms with E-state index in [1.807, 2.05) is 6.08 Å². The highest BCUT2D eigenvalue weighted by molar-refractivity contribution is 5.67. The van der Waals surface area contributed by atoms with E-state index in [2.05, 4.69) is 0 Å². The summed E-state index contributed by atoms with van der Waals surface area (Å²) in [6.07, 6.45) is 6.66. The maximum absolute atomic E-state index is 10.3. The molecule has 5 N–H and O–H groups in total. The van der Waals surface area contributed by atoms with Gasteiger partial charge >= 0.3 is 5.97 Å². The Morgan fingerprint density at radius 2 is 2.31 bits per heavy atom. The summed E-state index contributed by atoms with van der Waals surface area (Å²) in [5.74, 6) is -0.786. The van der Waals surface area contributed by atoms with E-state index >= 15 is 0 Å². The van der Waals surface area contributed by atoms with Gasteiger partial charge in [-0.2, -0.15) is 0 Å². The largest absolute Gasteiger partial charge is 0.481 e. The first kappa shape index (κ1) is 9.95. The third kappa shape index (κ3) is 3.40. The first-order valence-electron chi connectivity index (χ1n) is 4.17. The van der Waals surface area contributed by atoms with Crippen molar-refractivity contribution in [3.8, 4) is 0 Å². The number of hydrogen-bond donors (Lipinski definition) is 3. The molecule has 0 spiro atoms. The topological polar surface area (TPSA) is 89.3 Å². The van der Waals surface area contributed by atoms with Crippen molar-refractivity contribution < 1.29 is 9.90 Å². The summed E-state index contributed by atoms with van der Waals surface area (Å²) in [5, 5.41) is 8.45. The molecule has 0 fully saturated rings. The summed E-state index contributed by atoms with van der Waals surface area (Å²) >= 11 is 0. The molecule has 0 atom stereocenters. The SMILES string of the molecule is NC1(N)C=CC(CCC(=O)O)=CC1. The molecule has 0 aromatic carbocycles. The molecule has 72 valence electrons. The predicted molar refractivity (Wildman–Crippen MR) is 49.8 cm³/mol. The zero-order valence-electron chi connectivity index (χ0n) is 7.36. The van der Waals surface area contributed by atoms with Crippen LogP contribution < -0.4 is 11.5 Å². The molecule has 1 aliphatic carbocycles. The summed E-state index contributed by atoms with van der Waals surface area (Å²) in [4.78, 5) is 10.3. The number of carboxylic acids is 1. The van der Waals surface area contributed by atoms with Crippen molar-refractivity contribution in [3.63, 3.8) is 0 Å². The van der Waals surface area contributed by atoms with Crippen LogP contribution in [0.25, 0.3) is 0 Å². The molecule has 0 unspecified atom stereocenters. The first-order valence-corrected chi connectivity index (χ1v) is 4.17. The number of carboxylic acid groups (broad SMARTS) is 1. The van der Waals surface area contributed by atoms with E-state index in [1.54, 1.807) is 12.2 Å². The van der Waals surface area contributed by atoms with E-state index in [0.29, 0.717) is 12.8 Å². The van der Waals surface area contributed by atoms with E-state index in [9.17, 15) is 4.79 Å². The minimum Gasteiger partial charge on any atom is -0.481 e. The molecule has 0 aromatic rings. The van der Waals surface area contributed by atoms with Gasteiger partial charge in [0.05, 0.1) is 5.66 Å². The highest BCUT2D eigenvalue weighted by atomic mass is 16.4. The van der Waals surface area contributed by atoms with Crippen molar-refractivity contribution in [1.29, 1.82) is 0 Å². The minimum absolute atomic E-state index is 0.151. The molecule has 0 aliphatic heterocycles. The highest BCUT2D eigenvalue weighted by Crippen LogP contribution is 2.17. The van der Waals surface area contributed by atoms with Crippen LogP contribution >= 0.6 is 0 Å². The first-order chi connectivity index (χ1) is 5.99. The van der Waals surface area contributed by atoms with Crippen LogP contribution in [0.3, 0.4) is 0 Å². The molecule has 0 amide bonds. The molecule has 0 saturated heterocycles. The Kier molecular flexibility index (Phi) is 2.85. The highest BCUT2D eigenvalue weighted by Gasteiger charge is 2.16. The van der Waals surface area contributed by atoms with Gasteiger partial charge in [-0.05, 0) is 12.5 Å². The minimum atomic E-state index is -0.786. The summed E-state index contributed by atoms with van der Waals surface area (Å²) in [6.45, 7) is 0. The van der Waals surface area contributed by atoms with Gasteiger partial charge in [-0.25, -0.2) is 0 Å². The second kappa shape index (κ2) is 3.72. The number of carbonyl (C=O) groups is 1. The maximum atomic E-state index is 10.3. The Morgan fingerprint density at radius 3 is 2.77 bits per heavy atom. The third-order valence-electron chi connectivity index (χ3n) is 1.95. The second-order valence-corrected chi connectivity index (χ2v) is 3.32. The van der Waals surface area contributed by atoms with E-state index in [0.717, 1.165) is 5.57 Å². The van der Waals surface area contributed by atoms with Crippen LogP contribution in [-0.4, -0.2) is 16.7 Å². The molecule has 0 heterocycles. The number of aliphatic carboxylic acids is 1. The van der Waals surface area contributed by atoms with E-state index < -0.39 is 11.6 Å². The molecule has 0 bridgehead atoms. The van der Waals surface area contributed by atoms with Gasteiger partial charge in [0.1, 0.15) is 0 Å². The monoisotopic (exact) mass is 182 g/mol. The second-order valence-electron chi connectivity index (χ2n) is 3.32. The Morgan fingerprint density at radius 1 is 1.62 bits per heavy atom. The zero-order valence-corrected chi connectivity index (χ0v) is 7.36. The van der Waals surface area contributed by atoms with Crippen LogP contribution in [0.5, 0.6) is 0 Å². The predicted octanol–water partition coefficient (Wildman–Crippen LogP) is 0.351. The normalized spacial score (nSPS) is 19.7.